The molecule has 0 fully saturated rings. The minimum atomic E-state index is -0.953. The highest BCUT2D eigenvalue weighted by molar-refractivity contribution is 5.55. The number of aliphatic hydroxyl groups is 2. The fraction of sp³-hybridized carbons (Fsp3) is 0.583. The maximum absolute atomic E-state index is 10.9. The maximum Gasteiger partial charge on any atom is 0.276 e. The molecule has 0 aliphatic carbocycles. The van der Waals surface area contributed by atoms with Gasteiger partial charge in [-0.15, -0.1) is 0 Å². The number of hydrogen-bond donors (Lipinski definition) is 4. The zero-order valence-electron chi connectivity index (χ0n) is 11.6. The van der Waals surface area contributed by atoms with Crippen molar-refractivity contribution in [3.05, 3.63) is 22.2 Å². The fourth-order valence-electron chi connectivity index (χ4n) is 1.67. The SMILES string of the molecule is CCNc1cc([N+](=O)[O-])cc(NC(CC)(CO)CO)n1. The van der Waals surface area contributed by atoms with Crippen LogP contribution in [-0.4, -0.2) is 45.4 Å². The molecule has 8 nitrogen and oxygen atoms in total. The highest BCUT2D eigenvalue weighted by Gasteiger charge is 2.27. The molecule has 0 saturated heterocycles. The van der Waals surface area contributed by atoms with Crippen molar-refractivity contribution in [1.29, 1.82) is 0 Å². The monoisotopic (exact) mass is 284 g/mol. The molecule has 0 atom stereocenters. The summed E-state index contributed by atoms with van der Waals surface area (Å²) in [6.45, 7) is 3.61. The van der Waals surface area contributed by atoms with Gasteiger partial charge in [0.05, 0.1) is 35.8 Å². The van der Waals surface area contributed by atoms with Gasteiger partial charge in [0.25, 0.3) is 5.69 Å². The van der Waals surface area contributed by atoms with Gasteiger partial charge in [-0.25, -0.2) is 4.98 Å². The number of aliphatic hydroxyl groups excluding tert-OH is 2. The summed E-state index contributed by atoms with van der Waals surface area (Å²) < 4.78 is 0. The van der Waals surface area contributed by atoms with E-state index < -0.39 is 10.5 Å². The van der Waals surface area contributed by atoms with Crippen LogP contribution in [0, 0.1) is 10.1 Å². The molecule has 0 amide bonds. The van der Waals surface area contributed by atoms with Gasteiger partial charge in [-0.1, -0.05) is 6.92 Å². The Balaban J connectivity index is 3.12. The first-order valence-corrected chi connectivity index (χ1v) is 6.40. The van der Waals surface area contributed by atoms with Gasteiger partial charge < -0.3 is 20.8 Å². The third-order valence-electron chi connectivity index (χ3n) is 3.05. The minimum Gasteiger partial charge on any atom is -0.394 e. The van der Waals surface area contributed by atoms with Gasteiger partial charge in [-0.3, -0.25) is 10.1 Å². The van der Waals surface area contributed by atoms with Gasteiger partial charge >= 0.3 is 0 Å². The molecule has 0 aromatic carbocycles. The average Bonchev–Trinajstić information content (AvgIpc) is 2.45. The number of rotatable bonds is 8. The molecule has 1 heterocycles. The Bertz CT molecular complexity index is 455. The molecule has 0 spiro atoms. The Hall–Kier alpha value is -1.93. The summed E-state index contributed by atoms with van der Waals surface area (Å²) in [4.78, 5) is 14.6. The predicted octanol–water partition coefficient (Wildman–Crippen LogP) is 0.967. The zero-order chi connectivity index (χ0) is 15.2. The smallest absolute Gasteiger partial charge is 0.276 e. The lowest BCUT2D eigenvalue weighted by molar-refractivity contribution is -0.384. The lowest BCUT2D eigenvalue weighted by Gasteiger charge is -2.30. The van der Waals surface area contributed by atoms with Crippen molar-refractivity contribution < 1.29 is 15.1 Å². The molecule has 8 heteroatoms. The lowest BCUT2D eigenvalue weighted by Crippen LogP contribution is -2.45. The molecule has 1 aromatic rings. The molecular formula is C12H20N4O4. The number of pyridine rings is 1. The zero-order valence-corrected chi connectivity index (χ0v) is 11.6. The first-order valence-electron chi connectivity index (χ1n) is 6.40. The van der Waals surface area contributed by atoms with E-state index in [2.05, 4.69) is 15.6 Å². The molecule has 0 saturated carbocycles. The second-order valence-electron chi connectivity index (χ2n) is 4.46. The van der Waals surface area contributed by atoms with Crippen LogP contribution in [-0.2, 0) is 0 Å². The van der Waals surface area contributed by atoms with Gasteiger partial charge in [-0.2, -0.15) is 0 Å². The quantitative estimate of drug-likeness (QED) is 0.414. The van der Waals surface area contributed by atoms with Gasteiger partial charge in [0.2, 0.25) is 0 Å². The molecule has 112 valence electrons. The van der Waals surface area contributed by atoms with Crippen molar-refractivity contribution in [2.24, 2.45) is 0 Å². The number of aromatic nitrogens is 1. The van der Waals surface area contributed by atoms with E-state index in [1.807, 2.05) is 6.92 Å². The predicted molar refractivity (Wildman–Crippen MR) is 75.9 cm³/mol. The first-order chi connectivity index (χ1) is 9.50. The van der Waals surface area contributed by atoms with Crippen LogP contribution in [0.1, 0.15) is 20.3 Å². The van der Waals surface area contributed by atoms with Gasteiger partial charge in [0, 0.05) is 6.54 Å². The average molecular weight is 284 g/mol. The molecule has 0 aliphatic rings. The van der Waals surface area contributed by atoms with E-state index in [-0.39, 0.29) is 24.7 Å². The number of hydrogen-bond acceptors (Lipinski definition) is 7. The van der Waals surface area contributed by atoms with Crippen molar-refractivity contribution >= 4 is 17.3 Å². The first kappa shape index (κ1) is 16.1. The normalized spacial score (nSPS) is 11.2. The van der Waals surface area contributed by atoms with E-state index in [4.69, 9.17) is 0 Å². The third-order valence-corrected chi connectivity index (χ3v) is 3.05. The van der Waals surface area contributed by atoms with E-state index in [0.717, 1.165) is 0 Å². The van der Waals surface area contributed by atoms with Crippen molar-refractivity contribution in [2.75, 3.05) is 30.4 Å². The van der Waals surface area contributed by atoms with E-state index in [9.17, 15) is 20.3 Å². The molecule has 20 heavy (non-hydrogen) atoms. The van der Waals surface area contributed by atoms with Crippen LogP contribution < -0.4 is 10.6 Å². The third kappa shape index (κ3) is 3.78. The second-order valence-corrected chi connectivity index (χ2v) is 4.46. The molecule has 0 bridgehead atoms. The van der Waals surface area contributed by atoms with Crippen LogP contribution in [0.15, 0.2) is 12.1 Å². The molecule has 0 aliphatic heterocycles. The van der Waals surface area contributed by atoms with E-state index in [1.165, 1.54) is 12.1 Å². The number of nitrogens with one attached hydrogen (secondary N) is 2. The number of nitro groups is 1. The standard InChI is InChI=1S/C12H20N4O4/c1-3-12(7-17,8-18)15-11-6-9(16(19)20)5-10(14-11)13-4-2/h5-6,17-18H,3-4,7-8H2,1-2H3,(H2,13,14,15). The molecule has 0 radical (unpaired) electrons. The minimum absolute atomic E-state index is 0.112. The Morgan fingerprint density at radius 1 is 1.30 bits per heavy atom. The lowest BCUT2D eigenvalue weighted by atomic mass is 9.98. The van der Waals surface area contributed by atoms with Crippen molar-refractivity contribution in [3.8, 4) is 0 Å². The summed E-state index contributed by atoms with van der Waals surface area (Å²) in [5.41, 5.74) is -1.06. The van der Waals surface area contributed by atoms with Crippen LogP contribution in [0.2, 0.25) is 0 Å². The van der Waals surface area contributed by atoms with Crippen molar-refractivity contribution in [3.63, 3.8) is 0 Å². The summed E-state index contributed by atoms with van der Waals surface area (Å²) >= 11 is 0. The van der Waals surface area contributed by atoms with Crippen LogP contribution in [0.25, 0.3) is 0 Å². The van der Waals surface area contributed by atoms with Gasteiger partial charge in [0.15, 0.2) is 0 Å². The van der Waals surface area contributed by atoms with Crippen LogP contribution in [0.4, 0.5) is 17.3 Å². The summed E-state index contributed by atoms with van der Waals surface area (Å²) in [7, 11) is 0. The summed E-state index contributed by atoms with van der Waals surface area (Å²) in [6, 6.07) is 2.61. The maximum atomic E-state index is 10.9. The molecule has 1 aromatic heterocycles. The topological polar surface area (TPSA) is 121 Å². The van der Waals surface area contributed by atoms with Crippen LogP contribution >= 0.6 is 0 Å². The number of anilines is 2. The highest BCUT2D eigenvalue weighted by Crippen LogP contribution is 2.24. The van der Waals surface area contributed by atoms with Crippen LogP contribution in [0.5, 0.6) is 0 Å². The second kappa shape index (κ2) is 7.01. The Morgan fingerprint density at radius 2 is 1.90 bits per heavy atom. The Kier molecular flexibility index (Phi) is 5.66. The summed E-state index contributed by atoms with van der Waals surface area (Å²) in [6.07, 6.45) is 0.445. The molecule has 0 unspecified atom stereocenters. The van der Waals surface area contributed by atoms with Gasteiger partial charge in [-0.05, 0) is 13.3 Å². The summed E-state index contributed by atoms with van der Waals surface area (Å²) in [5, 5.41) is 35.5. The van der Waals surface area contributed by atoms with E-state index in [0.29, 0.717) is 18.8 Å². The molecular weight excluding hydrogens is 264 g/mol. The van der Waals surface area contributed by atoms with Crippen molar-refractivity contribution in [2.45, 2.75) is 25.8 Å². The van der Waals surface area contributed by atoms with E-state index >= 15 is 0 Å². The van der Waals surface area contributed by atoms with Crippen molar-refractivity contribution in [1.82, 2.24) is 4.98 Å². The largest absolute Gasteiger partial charge is 0.394 e. The fourth-order valence-corrected chi connectivity index (χ4v) is 1.67. The number of nitrogens with zero attached hydrogens (tertiary/aromatic N) is 2. The van der Waals surface area contributed by atoms with Crippen LogP contribution in [0.3, 0.4) is 0 Å². The Labute approximate surface area is 117 Å². The van der Waals surface area contributed by atoms with Gasteiger partial charge in [0.1, 0.15) is 11.6 Å². The highest BCUT2D eigenvalue weighted by atomic mass is 16.6. The summed E-state index contributed by atoms with van der Waals surface area (Å²) in [5.74, 6) is 0.602. The molecule has 4 N–H and O–H groups in total. The Morgan fingerprint density at radius 3 is 2.35 bits per heavy atom. The molecule has 1 rings (SSSR count). The van der Waals surface area contributed by atoms with E-state index in [1.54, 1.807) is 6.92 Å².